The van der Waals surface area contributed by atoms with E-state index < -0.39 is 9.84 Å². The Morgan fingerprint density at radius 2 is 1.84 bits per heavy atom. The Labute approximate surface area is 189 Å². The highest BCUT2D eigenvalue weighted by Gasteiger charge is 2.23. The van der Waals surface area contributed by atoms with Gasteiger partial charge in [0, 0.05) is 18.0 Å². The number of amides is 1. The van der Waals surface area contributed by atoms with Crippen molar-refractivity contribution in [3.05, 3.63) is 82.6 Å². The number of carbonyl (C=O) groups is 1. The Morgan fingerprint density at radius 3 is 2.45 bits per heavy atom. The molecule has 2 heterocycles. The maximum Gasteiger partial charge on any atom is 0.260 e. The van der Waals surface area contributed by atoms with Crippen LogP contribution in [0.4, 0.5) is 5.13 Å². The predicted octanol–water partition coefficient (Wildman–Crippen LogP) is 4.90. The largest absolute Gasteiger partial charge is 0.278 e. The molecule has 6 nitrogen and oxygen atoms in total. The van der Waals surface area contributed by atoms with Crippen LogP contribution in [0.3, 0.4) is 0 Å². The number of halogens is 1. The molecule has 0 unspecified atom stereocenters. The van der Waals surface area contributed by atoms with Gasteiger partial charge < -0.3 is 0 Å². The zero-order chi connectivity index (χ0) is 22.2. The number of aryl methyl sites for hydroxylation is 1. The standard InChI is InChI=1S/C22H18ClN3O3S2/c1-14-6-11-18(23)20-19(14)25-22(30-20)26(13-16-5-3-4-12-24-16)21(27)15-7-9-17(10-8-15)31(2,28)29/h3-12H,13H2,1-2H3. The van der Waals surface area contributed by atoms with Crippen LogP contribution in [0.1, 0.15) is 21.6 Å². The Hall–Kier alpha value is -2.81. The molecular formula is C22H18ClN3O3S2. The fourth-order valence-electron chi connectivity index (χ4n) is 3.09. The van der Waals surface area contributed by atoms with Gasteiger partial charge in [-0.25, -0.2) is 13.4 Å². The van der Waals surface area contributed by atoms with Crippen LogP contribution in [0.2, 0.25) is 5.02 Å². The van der Waals surface area contributed by atoms with Gasteiger partial charge in [-0.05, 0) is 55.0 Å². The summed E-state index contributed by atoms with van der Waals surface area (Å²) >= 11 is 7.70. The Kier molecular flexibility index (Phi) is 5.79. The van der Waals surface area contributed by atoms with Crippen LogP contribution in [-0.2, 0) is 16.4 Å². The molecular weight excluding hydrogens is 454 g/mol. The second-order valence-electron chi connectivity index (χ2n) is 7.05. The molecule has 0 bridgehead atoms. The lowest BCUT2D eigenvalue weighted by Gasteiger charge is -2.19. The molecule has 2 aromatic heterocycles. The van der Waals surface area contributed by atoms with Crippen LogP contribution >= 0.6 is 22.9 Å². The van der Waals surface area contributed by atoms with Gasteiger partial charge in [0.05, 0.1) is 32.4 Å². The number of benzene rings is 2. The van der Waals surface area contributed by atoms with Gasteiger partial charge in [0.1, 0.15) is 0 Å². The van der Waals surface area contributed by atoms with E-state index in [0.717, 1.165) is 22.0 Å². The van der Waals surface area contributed by atoms with Crippen LogP contribution in [0.25, 0.3) is 10.2 Å². The summed E-state index contributed by atoms with van der Waals surface area (Å²) in [7, 11) is -3.35. The van der Waals surface area contributed by atoms with Gasteiger partial charge in [-0.15, -0.1) is 0 Å². The summed E-state index contributed by atoms with van der Waals surface area (Å²) in [6, 6.07) is 15.1. The quantitative estimate of drug-likeness (QED) is 0.413. The van der Waals surface area contributed by atoms with E-state index in [1.807, 2.05) is 31.2 Å². The van der Waals surface area contributed by atoms with Crippen LogP contribution in [0, 0.1) is 6.92 Å². The number of thiazole rings is 1. The summed E-state index contributed by atoms with van der Waals surface area (Å²) in [5.41, 5.74) is 2.76. The third kappa shape index (κ3) is 4.46. The highest BCUT2D eigenvalue weighted by Crippen LogP contribution is 2.36. The van der Waals surface area contributed by atoms with Gasteiger partial charge >= 0.3 is 0 Å². The topological polar surface area (TPSA) is 80.2 Å². The van der Waals surface area contributed by atoms with Gasteiger partial charge in [-0.3, -0.25) is 14.7 Å². The highest BCUT2D eigenvalue weighted by molar-refractivity contribution is 7.90. The van der Waals surface area contributed by atoms with E-state index in [-0.39, 0.29) is 17.3 Å². The smallest absolute Gasteiger partial charge is 0.260 e. The zero-order valence-corrected chi connectivity index (χ0v) is 19.1. The van der Waals surface area contributed by atoms with Crippen molar-refractivity contribution in [2.75, 3.05) is 11.2 Å². The molecule has 158 valence electrons. The minimum Gasteiger partial charge on any atom is -0.278 e. The summed E-state index contributed by atoms with van der Waals surface area (Å²) in [4.78, 5) is 24.2. The molecule has 0 saturated carbocycles. The molecule has 4 aromatic rings. The minimum atomic E-state index is -3.35. The molecule has 0 N–H and O–H groups in total. The van der Waals surface area contributed by atoms with E-state index in [9.17, 15) is 13.2 Å². The van der Waals surface area contributed by atoms with Crippen molar-refractivity contribution < 1.29 is 13.2 Å². The van der Waals surface area contributed by atoms with E-state index in [1.165, 1.54) is 40.5 Å². The van der Waals surface area contributed by atoms with Crippen molar-refractivity contribution in [3.8, 4) is 0 Å². The first-order valence-corrected chi connectivity index (χ1v) is 12.4. The fourth-order valence-corrected chi connectivity index (χ4v) is 5.03. The average Bonchev–Trinajstić information content (AvgIpc) is 3.21. The van der Waals surface area contributed by atoms with Crippen molar-refractivity contribution in [2.45, 2.75) is 18.4 Å². The maximum absolute atomic E-state index is 13.4. The Bertz CT molecular complexity index is 1330. The number of aromatic nitrogens is 2. The van der Waals surface area contributed by atoms with Gasteiger partial charge in [0.25, 0.3) is 5.91 Å². The van der Waals surface area contributed by atoms with Crippen LogP contribution in [0.15, 0.2) is 65.7 Å². The third-order valence-corrected chi connectivity index (χ3v) is 7.40. The second-order valence-corrected chi connectivity index (χ2v) is 10.4. The van der Waals surface area contributed by atoms with E-state index in [2.05, 4.69) is 9.97 Å². The molecule has 4 rings (SSSR count). The normalized spacial score (nSPS) is 11.6. The molecule has 0 atom stereocenters. The molecule has 1 amide bonds. The summed E-state index contributed by atoms with van der Waals surface area (Å²) in [6.07, 6.45) is 2.79. The third-order valence-electron chi connectivity index (χ3n) is 4.74. The van der Waals surface area contributed by atoms with Crippen LogP contribution in [-0.4, -0.2) is 30.5 Å². The molecule has 0 saturated heterocycles. The lowest BCUT2D eigenvalue weighted by molar-refractivity contribution is 0.0984. The average molecular weight is 472 g/mol. The number of carbonyl (C=O) groups excluding carboxylic acids is 1. The molecule has 0 aliphatic carbocycles. The summed E-state index contributed by atoms with van der Waals surface area (Å²) in [5.74, 6) is -0.307. The fraction of sp³-hybridized carbons (Fsp3) is 0.136. The van der Waals surface area contributed by atoms with Crippen molar-refractivity contribution in [1.29, 1.82) is 0 Å². The van der Waals surface area contributed by atoms with E-state index in [1.54, 1.807) is 12.3 Å². The number of anilines is 1. The van der Waals surface area contributed by atoms with Crippen molar-refractivity contribution >= 4 is 54.0 Å². The lowest BCUT2D eigenvalue weighted by atomic mass is 10.2. The predicted molar refractivity (Wildman–Crippen MR) is 124 cm³/mol. The van der Waals surface area contributed by atoms with Gasteiger partial charge in [-0.1, -0.05) is 35.1 Å². The minimum absolute atomic E-state index is 0.155. The highest BCUT2D eigenvalue weighted by atomic mass is 35.5. The lowest BCUT2D eigenvalue weighted by Crippen LogP contribution is -2.30. The number of hydrogen-bond acceptors (Lipinski definition) is 6. The summed E-state index contributed by atoms with van der Waals surface area (Å²) in [6.45, 7) is 2.15. The molecule has 0 fully saturated rings. The Morgan fingerprint density at radius 1 is 1.10 bits per heavy atom. The van der Waals surface area contributed by atoms with E-state index >= 15 is 0 Å². The van der Waals surface area contributed by atoms with Gasteiger partial charge in [0.2, 0.25) is 0 Å². The zero-order valence-electron chi connectivity index (χ0n) is 16.7. The number of hydrogen-bond donors (Lipinski definition) is 0. The first-order valence-electron chi connectivity index (χ1n) is 9.31. The van der Waals surface area contributed by atoms with E-state index in [0.29, 0.717) is 21.4 Å². The van der Waals surface area contributed by atoms with E-state index in [4.69, 9.17) is 11.6 Å². The van der Waals surface area contributed by atoms with Crippen molar-refractivity contribution in [2.24, 2.45) is 0 Å². The molecule has 2 aromatic carbocycles. The van der Waals surface area contributed by atoms with Crippen molar-refractivity contribution in [3.63, 3.8) is 0 Å². The number of fused-ring (bicyclic) bond motifs is 1. The van der Waals surface area contributed by atoms with Crippen molar-refractivity contribution in [1.82, 2.24) is 9.97 Å². The first kappa shape index (κ1) is 21.4. The van der Waals surface area contributed by atoms with Gasteiger partial charge in [-0.2, -0.15) is 0 Å². The van der Waals surface area contributed by atoms with Gasteiger partial charge in [0.15, 0.2) is 15.0 Å². The molecule has 31 heavy (non-hydrogen) atoms. The second kappa shape index (κ2) is 8.37. The molecule has 0 spiro atoms. The molecule has 9 heteroatoms. The summed E-state index contributed by atoms with van der Waals surface area (Å²) < 4.78 is 24.3. The summed E-state index contributed by atoms with van der Waals surface area (Å²) in [5, 5.41) is 1.07. The SMILES string of the molecule is Cc1ccc(Cl)c2sc(N(Cc3ccccn3)C(=O)c3ccc(S(C)(=O)=O)cc3)nc12. The maximum atomic E-state index is 13.4. The molecule has 0 radical (unpaired) electrons. The van der Waals surface area contributed by atoms with Crippen LogP contribution < -0.4 is 4.90 Å². The number of nitrogens with zero attached hydrogens (tertiary/aromatic N) is 3. The molecule has 0 aliphatic heterocycles. The Balaban J connectivity index is 1.79. The molecule has 0 aliphatic rings. The van der Waals surface area contributed by atoms with Crippen LogP contribution in [0.5, 0.6) is 0 Å². The number of sulfone groups is 1. The first-order chi connectivity index (χ1) is 14.7. The number of rotatable bonds is 5. The monoisotopic (exact) mass is 471 g/mol. The number of pyridine rings is 1.